The molecule has 1 aliphatic rings. The van der Waals surface area contributed by atoms with E-state index in [-0.39, 0.29) is 0 Å². The summed E-state index contributed by atoms with van der Waals surface area (Å²) in [4.78, 5) is 19.1. The number of rotatable bonds is 5. The fourth-order valence-corrected chi connectivity index (χ4v) is 6.02. The number of hydrogen-bond acceptors (Lipinski definition) is 8. The van der Waals surface area contributed by atoms with Gasteiger partial charge in [0.15, 0.2) is 0 Å². The highest BCUT2D eigenvalue weighted by molar-refractivity contribution is 7.22. The van der Waals surface area contributed by atoms with Crippen LogP contribution in [0.4, 0.5) is 10.8 Å². The molecule has 8 heteroatoms. The largest absolute Gasteiger partial charge is 0.497 e. The number of ether oxygens (including phenoxy) is 1. The van der Waals surface area contributed by atoms with Gasteiger partial charge in [0.25, 0.3) is 0 Å². The number of hydrogen-bond donors (Lipinski definition) is 0. The summed E-state index contributed by atoms with van der Waals surface area (Å²) >= 11 is 3.32. The molecule has 0 saturated carbocycles. The van der Waals surface area contributed by atoms with Crippen molar-refractivity contribution in [2.24, 2.45) is 4.99 Å². The monoisotopic (exact) mass is 499 g/mol. The first-order chi connectivity index (χ1) is 17.1. The van der Waals surface area contributed by atoms with Crippen molar-refractivity contribution in [1.82, 2.24) is 14.9 Å². The summed E-state index contributed by atoms with van der Waals surface area (Å²) in [5.41, 5.74) is 5.35. The Morgan fingerprint density at radius 3 is 2.49 bits per heavy atom. The van der Waals surface area contributed by atoms with E-state index in [0.29, 0.717) is 0 Å². The maximum absolute atomic E-state index is 5.26. The zero-order chi connectivity index (χ0) is 23.8. The Bertz CT molecular complexity index is 1510. The lowest BCUT2D eigenvalue weighted by molar-refractivity contribution is 0.313. The zero-order valence-electron chi connectivity index (χ0n) is 19.6. The van der Waals surface area contributed by atoms with Crippen LogP contribution in [0.2, 0.25) is 0 Å². The van der Waals surface area contributed by atoms with Crippen LogP contribution in [0.25, 0.3) is 31.0 Å². The van der Waals surface area contributed by atoms with E-state index in [9.17, 15) is 0 Å². The summed E-state index contributed by atoms with van der Waals surface area (Å²) in [6, 6.07) is 20.8. The minimum atomic E-state index is 0.771. The third-order valence-corrected chi connectivity index (χ3v) is 8.31. The quantitative estimate of drug-likeness (QED) is 0.274. The van der Waals surface area contributed by atoms with E-state index >= 15 is 0 Å². The molecule has 0 atom stereocenters. The lowest BCUT2D eigenvalue weighted by atomic mass is 10.2. The molecular formula is C27H25N5OS2. The molecule has 0 bridgehead atoms. The van der Waals surface area contributed by atoms with Crippen LogP contribution in [0, 0.1) is 0 Å². The third kappa shape index (κ3) is 4.65. The SMILES string of the molecule is COc1ccc(-c2nc3cc(/C=N/c4nc5ccc(N6CCN(C)CC6)cc5s4)ccc3s2)cc1. The third-order valence-electron chi connectivity index (χ3n) is 6.30. The van der Waals surface area contributed by atoms with E-state index in [4.69, 9.17) is 14.7 Å². The van der Waals surface area contributed by atoms with E-state index in [1.165, 1.54) is 10.4 Å². The molecule has 3 aromatic carbocycles. The fourth-order valence-electron chi connectivity index (χ4n) is 4.23. The molecule has 35 heavy (non-hydrogen) atoms. The molecule has 0 amide bonds. The second-order valence-corrected chi connectivity index (χ2v) is 10.7. The molecule has 6 rings (SSSR count). The number of piperazine rings is 1. The predicted octanol–water partition coefficient (Wildman–Crippen LogP) is 6.08. The van der Waals surface area contributed by atoms with Crippen molar-refractivity contribution >= 4 is 60.1 Å². The number of nitrogens with zero attached hydrogens (tertiary/aromatic N) is 5. The molecule has 0 spiro atoms. The predicted molar refractivity (Wildman–Crippen MR) is 148 cm³/mol. The van der Waals surface area contributed by atoms with Crippen LogP contribution in [-0.2, 0) is 0 Å². The fraction of sp³-hybridized carbons (Fsp3) is 0.222. The van der Waals surface area contributed by atoms with E-state index in [1.807, 2.05) is 30.5 Å². The molecule has 0 N–H and O–H groups in total. The topological polar surface area (TPSA) is 53.9 Å². The van der Waals surface area contributed by atoms with Gasteiger partial charge in [-0.15, -0.1) is 11.3 Å². The van der Waals surface area contributed by atoms with Crippen LogP contribution < -0.4 is 9.64 Å². The number of aliphatic imine (C=N–C) groups is 1. The van der Waals surface area contributed by atoms with Crippen LogP contribution in [0.5, 0.6) is 5.75 Å². The summed E-state index contributed by atoms with van der Waals surface area (Å²) in [5, 5.41) is 1.77. The second kappa shape index (κ2) is 9.37. The van der Waals surface area contributed by atoms with Crippen LogP contribution in [-0.4, -0.2) is 61.4 Å². The number of thiazole rings is 2. The zero-order valence-corrected chi connectivity index (χ0v) is 21.3. The molecule has 1 saturated heterocycles. The Labute approximate surface area is 212 Å². The summed E-state index contributed by atoms with van der Waals surface area (Å²) in [6.07, 6.45) is 1.88. The highest BCUT2D eigenvalue weighted by Crippen LogP contribution is 2.33. The van der Waals surface area contributed by atoms with E-state index in [2.05, 4.69) is 58.2 Å². The molecule has 2 aromatic heterocycles. The highest BCUT2D eigenvalue weighted by atomic mass is 32.1. The van der Waals surface area contributed by atoms with Crippen molar-refractivity contribution in [3.05, 3.63) is 66.2 Å². The minimum Gasteiger partial charge on any atom is -0.497 e. The van der Waals surface area contributed by atoms with Gasteiger partial charge in [-0.3, -0.25) is 0 Å². The average molecular weight is 500 g/mol. The van der Waals surface area contributed by atoms with Crippen LogP contribution in [0.3, 0.4) is 0 Å². The molecule has 0 radical (unpaired) electrons. The summed E-state index contributed by atoms with van der Waals surface area (Å²) in [5.74, 6) is 0.846. The highest BCUT2D eigenvalue weighted by Gasteiger charge is 2.15. The lowest BCUT2D eigenvalue weighted by Gasteiger charge is -2.34. The molecule has 0 unspecified atom stereocenters. The molecular weight excluding hydrogens is 474 g/mol. The molecule has 3 heterocycles. The summed E-state index contributed by atoms with van der Waals surface area (Å²) in [6.45, 7) is 4.32. The standard InChI is InChI=1S/C27H25N5OS2/c1-31-11-13-32(14-12-31)20-6-9-22-25(16-20)35-27(30-22)28-17-18-3-10-24-23(15-18)29-26(34-24)19-4-7-21(33-2)8-5-19/h3-10,15-17H,11-14H2,1-2H3/b28-17+. The Kier molecular flexibility index (Phi) is 5.93. The van der Waals surface area contributed by atoms with Gasteiger partial charge in [0.1, 0.15) is 10.8 Å². The number of anilines is 1. The molecule has 0 aliphatic carbocycles. The molecule has 176 valence electrons. The van der Waals surface area contributed by atoms with E-state index in [0.717, 1.165) is 68.9 Å². The van der Waals surface area contributed by atoms with E-state index in [1.54, 1.807) is 29.8 Å². The van der Waals surface area contributed by atoms with Crippen molar-refractivity contribution < 1.29 is 4.74 Å². The number of aromatic nitrogens is 2. The van der Waals surface area contributed by atoms with Crippen molar-refractivity contribution in [2.75, 3.05) is 45.2 Å². The summed E-state index contributed by atoms with van der Waals surface area (Å²) in [7, 11) is 3.86. The first-order valence-corrected chi connectivity index (χ1v) is 13.2. The minimum absolute atomic E-state index is 0.771. The molecule has 6 nitrogen and oxygen atoms in total. The van der Waals surface area contributed by atoms with Gasteiger partial charge in [-0.05, 0) is 67.2 Å². The van der Waals surface area contributed by atoms with Gasteiger partial charge in [0, 0.05) is 43.6 Å². The molecule has 1 aliphatic heterocycles. The van der Waals surface area contributed by atoms with Crippen molar-refractivity contribution in [3.63, 3.8) is 0 Å². The molecule has 5 aromatic rings. The molecule has 1 fully saturated rings. The smallest absolute Gasteiger partial charge is 0.210 e. The van der Waals surface area contributed by atoms with Gasteiger partial charge in [0.05, 0.1) is 27.5 Å². The van der Waals surface area contributed by atoms with Crippen molar-refractivity contribution in [2.45, 2.75) is 0 Å². The van der Waals surface area contributed by atoms with E-state index < -0.39 is 0 Å². The Morgan fingerprint density at radius 2 is 1.69 bits per heavy atom. The number of fused-ring (bicyclic) bond motifs is 2. The number of likely N-dealkylation sites (N-methyl/N-ethyl adjacent to an activating group) is 1. The van der Waals surface area contributed by atoms with Gasteiger partial charge in [0.2, 0.25) is 5.13 Å². The number of benzene rings is 3. The van der Waals surface area contributed by atoms with Gasteiger partial charge in [-0.25, -0.2) is 15.0 Å². The Hall–Kier alpha value is -3.33. The van der Waals surface area contributed by atoms with Gasteiger partial charge < -0.3 is 14.5 Å². The van der Waals surface area contributed by atoms with Crippen LogP contribution in [0.15, 0.2) is 65.7 Å². The summed E-state index contributed by atoms with van der Waals surface area (Å²) < 4.78 is 7.59. The van der Waals surface area contributed by atoms with Gasteiger partial charge >= 0.3 is 0 Å². The maximum Gasteiger partial charge on any atom is 0.210 e. The van der Waals surface area contributed by atoms with Gasteiger partial charge in [-0.1, -0.05) is 17.4 Å². The number of methoxy groups -OCH3 is 1. The average Bonchev–Trinajstić information content (AvgIpc) is 3.51. The normalized spacial score (nSPS) is 15.0. The lowest BCUT2D eigenvalue weighted by Crippen LogP contribution is -2.44. The van der Waals surface area contributed by atoms with Crippen LogP contribution >= 0.6 is 22.7 Å². The van der Waals surface area contributed by atoms with Crippen LogP contribution in [0.1, 0.15) is 5.56 Å². The first-order valence-electron chi connectivity index (χ1n) is 11.6. The van der Waals surface area contributed by atoms with Crippen molar-refractivity contribution in [3.8, 4) is 16.3 Å². The first kappa shape index (κ1) is 22.2. The maximum atomic E-state index is 5.26. The van der Waals surface area contributed by atoms with Gasteiger partial charge in [-0.2, -0.15) is 0 Å². The Balaban J connectivity index is 1.21. The van der Waals surface area contributed by atoms with Crippen molar-refractivity contribution in [1.29, 1.82) is 0 Å². The Morgan fingerprint density at radius 1 is 0.857 bits per heavy atom. The second-order valence-electron chi connectivity index (χ2n) is 8.67.